The van der Waals surface area contributed by atoms with Gasteiger partial charge in [0.05, 0.1) is 11.7 Å². The normalized spacial score (nSPS) is 17.7. The van der Waals surface area contributed by atoms with Crippen LogP contribution in [0.5, 0.6) is 0 Å². The van der Waals surface area contributed by atoms with Crippen molar-refractivity contribution in [1.82, 2.24) is 9.78 Å². The molecule has 0 saturated heterocycles. The van der Waals surface area contributed by atoms with Gasteiger partial charge in [0.1, 0.15) is 11.2 Å². The molecular formula is C13H12N2O3. The van der Waals surface area contributed by atoms with Crippen LogP contribution in [0.4, 0.5) is 0 Å². The van der Waals surface area contributed by atoms with E-state index in [0.717, 1.165) is 10.9 Å². The van der Waals surface area contributed by atoms with Crippen LogP contribution in [0.3, 0.4) is 0 Å². The third-order valence-electron chi connectivity index (χ3n) is 3.71. The Morgan fingerprint density at radius 3 is 2.78 bits per heavy atom. The summed E-state index contributed by atoms with van der Waals surface area (Å²) in [6.45, 7) is 0. The third kappa shape index (κ3) is 1.30. The predicted molar refractivity (Wildman–Crippen MR) is 64.3 cm³/mol. The number of carbonyl (C=O) groups is 2. The summed E-state index contributed by atoms with van der Waals surface area (Å²) in [6.07, 6.45) is 1.91. The summed E-state index contributed by atoms with van der Waals surface area (Å²) < 4.78 is 1.70. The molecule has 1 aliphatic rings. The number of aromatic nitrogens is 2. The topological polar surface area (TPSA) is 72.2 Å². The molecule has 1 aromatic heterocycles. The van der Waals surface area contributed by atoms with Crippen LogP contribution in [0, 0.1) is 0 Å². The third-order valence-corrected chi connectivity index (χ3v) is 3.71. The summed E-state index contributed by atoms with van der Waals surface area (Å²) in [5, 5.41) is 14.5. The first-order valence-electron chi connectivity index (χ1n) is 5.70. The van der Waals surface area contributed by atoms with E-state index in [1.807, 2.05) is 19.2 Å². The lowest BCUT2D eigenvalue weighted by molar-refractivity contribution is -0.153. The zero-order chi connectivity index (χ0) is 12.9. The lowest BCUT2D eigenvalue weighted by atomic mass is 9.63. The molecular weight excluding hydrogens is 232 g/mol. The smallest absolute Gasteiger partial charge is 0.315 e. The molecule has 0 radical (unpaired) electrons. The molecule has 1 fully saturated rings. The average Bonchev–Trinajstić information content (AvgIpc) is 2.66. The van der Waals surface area contributed by atoms with Crippen molar-refractivity contribution in [3.8, 4) is 0 Å². The van der Waals surface area contributed by atoms with E-state index < -0.39 is 11.4 Å². The monoisotopic (exact) mass is 244 g/mol. The standard InChI is InChI=1S/C13H12N2O3/c1-15-11-4-9(3-2-8(11)7-14-15)13(12(17)18)5-10(16)6-13/h2-4,7H,5-6H2,1H3,(H,17,18). The highest BCUT2D eigenvalue weighted by Crippen LogP contribution is 2.42. The van der Waals surface area contributed by atoms with E-state index in [9.17, 15) is 14.7 Å². The Labute approximate surface area is 103 Å². The highest BCUT2D eigenvalue weighted by molar-refractivity contribution is 6.02. The maximum atomic E-state index is 11.4. The number of benzene rings is 1. The summed E-state index contributed by atoms with van der Waals surface area (Å²) >= 11 is 0. The lowest BCUT2D eigenvalue weighted by Gasteiger charge is -2.36. The van der Waals surface area contributed by atoms with Gasteiger partial charge < -0.3 is 5.11 Å². The number of aliphatic carboxylic acids is 1. The summed E-state index contributed by atoms with van der Waals surface area (Å²) in [5.41, 5.74) is 0.536. The van der Waals surface area contributed by atoms with E-state index >= 15 is 0 Å². The Hall–Kier alpha value is -2.17. The molecule has 1 aliphatic carbocycles. The van der Waals surface area contributed by atoms with Crippen molar-refractivity contribution < 1.29 is 14.7 Å². The van der Waals surface area contributed by atoms with Crippen molar-refractivity contribution in [3.63, 3.8) is 0 Å². The van der Waals surface area contributed by atoms with Crippen LogP contribution in [0.1, 0.15) is 18.4 Å². The van der Waals surface area contributed by atoms with Crippen molar-refractivity contribution in [2.24, 2.45) is 7.05 Å². The van der Waals surface area contributed by atoms with Crippen LogP contribution in [0.2, 0.25) is 0 Å². The molecule has 0 amide bonds. The zero-order valence-corrected chi connectivity index (χ0v) is 9.88. The highest BCUT2D eigenvalue weighted by Gasteiger charge is 2.51. The van der Waals surface area contributed by atoms with Gasteiger partial charge in [0, 0.05) is 25.3 Å². The number of fused-ring (bicyclic) bond motifs is 1. The maximum absolute atomic E-state index is 11.4. The molecule has 0 aliphatic heterocycles. The minimum atomic E-state index is -1.03. The summed E-state index contributed by atoms with van der Waals surface area (Å²) in [4.78, 5) is 22.6. The van der Waals surface area contributed by atoms with Crippen LogP contribution in [-0.2, 0) is 22.1 Å². The number of hydrogen-bond acceptors (Lipinski definition) is 3. The molecule has 5 nitrogen and oxygen atoms in total. The van der Waals surface area contributed by atoms with Gasteiger partial charge >= 0.3 is 5.97 Å². The maximum Gasteiger partial charge on any atom is 0.315 e. The van der Waals surface area contributed by atoms with Crippen LogP contribution in [-0.4, -0.2) is 26.6 Å². The van der Waals surface area contributed by atoms with Gasteiger partial charge in [-0.1, -0.05) is 12.1 Å². The molecule has 2 aromatic rings. The van der Waals surface area contributed by atoms with Crippen molar-refractivity contribution >= 4 is 22.7 Å². The van der Waals surface area contributed by atoms with Gasteiger partial charge in [-0.2, -0.15) is 5.10 Å². The van der Waals surface area contributed by atoms with Crippen LogP contribution < -0.4 is 0 Å². The number of ketones is 1. The van der Waals surface area contributed by atoms with Crippen LogP contribution >= 0.6 is 0 Å². The number of hydrogen-bond donors (Lipinski definition) is 1. The lowest BCUT2D eigenvalue weighted by Crippen LogP contribution is -2.48. The molecule has 1 heterocycles. The SMILES string of the molecule is Cn1ncc2ccc(C3(C(=O)O)CC(=O)C3)cc21. The zero-order valence-electron chi connectivity index (χ0n) is 9.88. The summed E-state index contributed by atoms with van der Waals surface area (Å²) in [5.74, 6) is -0.925. The second kappa shape index (κ2) is 3.41. The first-order chi connectivity index (χ1) is 8.53. The Bertz CT molecular complexity index is 664. The number of Topliss-reactive ketones (excluding diaryl/α,β-unsaturated/α-hetero) is 1. The molecule has 0 spiro atoms. The molecule has 0 unspecified atom stereocenters. The Kier molecular flexibility index (Phi) is 2.08. The first kappa shape index (κ1) is 11.0. The molecule has 1 aromatic carbocycles. The van der Waals surface area contributed by atoms with E-state index in [1.54, 1.807) is 16.9 Å². The van der Waals surface area contributed by atoms with Gasteiger partial charge in [0.15, 0.2) is 0 Å². The largest absolute Gasteiger partial charge is 0.481 e. The van der Waals surface area contributed by atoms with Crippen molar-refractivity contribution in [2.45, 2.75) is 18.3 Å². The minimum absolute atomic E-state index is 0.00232. The fraction of sp³-hybridized carbons (Fsp3) is 0.308. The number of carboxylic acids is 1. The Morgan fingerprint density at radius 1 is 1.44 bits per heavy atom. The number of carboxylic acid groups (broad SMARTS) is 1. The summed E-state index contributed by atoms with van der Waals surface area (Å²) in [6, 6.07) is 5.46. The molecule has 18 heavy (non-hydrogen) atoms. The first-order valence-corrected chi connectivity index (χ1v) is 5.70. The molecule has 3 rings (SSSR count). The fourth-order valence-electron chi connectivity index (χ4n) is 2.54. The molecule has 92 valence electrons. The van der Waals surface area contributed by atoms with Gasteiger partial charge in [0.2, 0.25) is 0 Å². The number of carbonyl (C=O) groups excluding carboxylic acids is 1. The molecule has 5 heteroatoms. The number of aryl methyl sites for hydroxylation is 1. The van der Waals surface area contributed by atoms with E-state index in [1.165, 1.54) is 0 Å². The molecule has 1 N–H and O–H groups in total. The number of nitrogens with zero attached hydrogens (tertiary/aromatic N) is 2. The number of rotatable bonds is 2. The van der Waals surface area contributed by atoms with Crippen molar-refractivity contribution in [3.05, 3.63) is 30.0 Å². The predicted octanol–water partition coefficient (Wildman–Crippen LogP) is 1.26. The van der Waals surface area contributed by atoms with E-state index in [2.05, 4.69) is 5.10 Å². The van der Waals surface area contributed by atoms with E-state index in [0.29, 0.717) is 5.56 Å². The Balaban J connectivity index is 2.15. The highest BCUT2D eigenvalue weighted by atomic mass is 16.4. The van der Waals surface area contributed by atoms with E-state index in [-0.39, 0.29) is 18.6 Å². The van der Waals surface area contributed by atoms with E-state index in [4.69, 9.17) is 0 Å². The van der Waals surface area contributed by atoms with Gasteiger partial charge in [-0.3, -0.25) is 14.3 Å². The second-order valence-electron chi connectivity index (χ2n) is 4.82. The van der Waals surface area contributed by atoms with Gasteiger partial charge in [0.25, 0.3) is 0 Å². The van der Waals surface area contributed by atoms with Crippen molar-refractivity contribution in [2.75, 3.05) is 0 Å². The van der Waals surface area contributed by atoms with Crippen LogP contribution in [0.15, 0.2) is 24.4 Å². The minimum Gasteiger partial charge on any atom is -0.481 e. The quantitative estimate of drug-likeness (QED) is 0.863. The molecule has 0 atom stereocenters. The van der Waals surface area contributed by atoms with Crippen molar-refractivity contribution in [1.29, 1.82) is 0 Å². The second-order valence-corrected chi connectivity index (χ2v) is 4.82. The fourth-order valence-corrected chi connectivity index (χ4v) is 2.54. The molecule has 1 saturated carbocycles. The average molecular weight is 244 g/mol. The Morgan fingerprint density at radius 2 is 2.17 bits per heavy atom. The van der Waals surface area contributed by atoms with Gasteiger partial charge in [-0.25, -0.2) is 0 Å². The van der Waals surface area contributed by atoms with Gasteiger partial charge in [-0.15, -0.1) is 0 Å². The van der Waals surface area contributed by atoms with Gasteiger partial charge in [-0.05, 0) is 11.6 Å². The van der Waals surface area contributed by atoms with Crippen LogP contribution in [0.25, 0.3) is 10.9 Å². The molecule has 0 bridgehead atoms. The summed E-state index contributed by atoms with van der Waals surface area (Å²) in [7, 11) is 1.81.